The first-order chi connectivity index (χ1) is 25.8. The maximum atomic E-state index is 5.73. The Morgan fingerprint density at radius 1 is 0.642 bits per heavy atom. The minimum Gasteiger partial charge on any atom is -0.378 e. The topological polar surface area (TPSA) is 31.4 Å². The third-order valence-electron chi connectivity index (χ3n) is 12.3. The van der Waals surface area contributed by atoms with Crippen LogP contribution in [0.25, 0.3) is 0 Å². The molecule has 2 aliphatic heterocycles. The number of likely N-dealkylation sites (N-methyl/N-ethyl adjacent to an activating group) is 2. The van der Waals surface area contributed by atoms with Crippen molar-refractivity contribution in [1.29, 1.82) is 0 Å². The minimum absolute atomic E-state index is 0.305. The summed E-state index contributed by atoms with van der Waals surface area (Å²) in [5, 5.41) is 0. The zero-order valence-corrected chi connectivity index (χ0v) is 33.4. The Morgan fingerprint density at radius 3 is 1.66 bits per heavy atom. The van der Waals surface area contributed by atoms with Gasteiger partial charge in [0.15, 0.2) is 0 Å². The summed E-state index contributed by atoms with van der Waals surface area (Å²) < 4.78 is 11.5. The van der Waals surface area contributed by atoms with Crippen LogP contribution in [0.3, 0.4) is 0 Å². The molecule has 2 aliphatic rings. The quantitative estimate of drug-likeness (QED) is 0.116. The second-order valence-corrected chi connectivity index (χ2v) is 15.5. The van der Waals surface area contributed by atoms with E-state index in [9.17, 15) is 0 Å². The number of ether oxygens (including phenoxy) is 2. The lowest BCUT2D eigenvalue weighted by atomic mass is 9.57. The van der Waals surface area contributed by atoms with Gasteiger partial charge in [0.25, 0.3) is 0 Å². The van der Waals surface area contributed by atoms with Crippen LogP contribution in [0.1, 0.15) is 60.9 Å². The van der Waals surface area contributed by atoms with E-state index in [4.69, 9.17) is 9.47 Å². The van der Waals surface area contributed by atoms with E-state index in [1.165, 1.54) is 39.2 Å². The van der Waals surface area contributed by atoms with Crippen molar-refractivity contribution >= 4 is 11.4 Å². The molecular formula is C47H64N4O2. The molecule has 0 aliphatic carbocycles. The van der Waals surface area contributed by atoms with Crippen molar-refractivity contribution in [2.75, 3.05) is 90.1 Å². The predicted octanol–water partition coefficient (Wildman–Crippen LogP) is 8.56. The number of nitrogens with zero attached hydrogens (tertiary/aromatic N) is 4. The van der Waals surface area contributed by atoms with Crippen LogP contribution in [0.5, 0.6) is 0 Å². The maximum absolute atomic E-state index is 5.73. The van der Waals surface area contributed by atoms with Crippen molar-refractivity contribution in [1.82, 2.24) is 9.80 Å². The van der Waals surface area contributed by atoms with E-state index in [-0.39, 0.29) is 5.54 Å². The number of morpholine rings is 2. The van der Waals surface area contributed by atoms with Gasteiger partial charge in [0.05, 0.1) is 37.5 Å². The Kier molecular flexibility index (Phi) is 13.3. The first kappa shape index (κ1) is 39.0. The molecule has 0 bridgehead atoms. The van der Waals surface area contributed by atoms with Gasteiger partial charge in [-0.2, -0.15) is 0 Å². The molecule has 2 fully saturated rings. The van der Waals surface area contributed by atoms with Crippen LogP contribution in [0.4, 0.5) is 11.4 Å². The molecule has 6 rings (SSSR count). The molecule has 2 heterocycles. The van der Waals surface area contributed by atoms with Crippen LogP contribution in [-0.2, 0) is 33.4 Å². The van der Waals surface area contributed by atoms with Crippen LogP contribution in [0.15, 0.2) is 103 Å². The third kappa shape index (κ3) is 8.22. The lowest BCUT2D eigenvalue weighted by Gasteiger charge is -2.62. The highest BCUT2D eigenvalue weighted by Crippen LogP contribution is 2.56. The maximum Gasteiger partial charge on any atom is 0.0715 e. The standard InChI is InChI=1S/C47H64N4O2/c1-7-27-46(49(6)28-26-39-12-10-9-11-13-39,42-18-22-44(23-19-42)50-29-33-52-34-30-50)47(48(4)5,41(8-2)37-40-16-14-38(3)15-17-40)43-20-24-45(25-21-43)51-31-35-53-36-32-51/h9-25,41H,7-8,26-37H2,1-6H3. The predicted molar refractivity (Wildman–Crippen MR) is 222 cm³/mol. The number of rotatable bonds is 16. The Balaban J connectivity index is 1.57. The Morgan fingerprint density at radius 2 is 1.17 bits per heavy atom. The second kappa shape index (κ2) is 18.1. The van der Waals surface area contributed by atoms with Gasteiger partial charge < -0.3 is 19.3 Å². The zero-order chi connectivity index (χ0) is 37.3. The van der Waals surface area contributed by atoms with Gasteiger partial charge >= 0.3 is 0 Å². The van der Waals surface area contributed by atoms with E-state index in [1.807, 2.05) is 0 Å². The van der Waals surface area contributed by atoms with Gasteiger partial charge in [-0.1, -0.05) is 111 Å². The van der Waals surface area contributed by atoms with Gasteiger partial charge in [0.2, 0.25) is 0 Å². The molecule has 6 nitrogen and oxygen atoms in total. The van der Waals surface area contributed by atoms with Crippen LogP contribution >= 0.6 is 0 Å². The Bertz CT molecular complexity index is 1660. The summed E-state index contributed by atoms with van der Waals surface area (Å²) >= 11 is 0. The summed E-state index contributed by atoms with van der Waals surface area (Å²) in [5.41, 5.74) is 8.67. The van der Waals surface area contributed by atoms with Crippen molar-refractivity contribution < 1.29 is 9.47 Å². The monoisotopic (exact) mass is 717 g/mol. The van der Waals surface area contributed by atoms with Crippen LogP contribution in [0, 0.1) is 12.8 Å². The number of anilines is 2. The van der Waals surface area contributed by atoms with Crippen molar-refractivity contribution in [3.63, 3.8) is 0 Å². The number of aryl methyl sites for hydroxylation is 1. The molecule has 0 aromatic heterocycles. The first-order valence-corrected chi connectivity index (χ1v) is 20.2. The lowest BCUT2D eigenvalue weighted by molar-refractivity contribution is -0.100. The minimum atomic E-state index is -0.391. The smallest absolute Gasteiger partial charge is 0.0715 e. The molecule has 0 saturated carbocycles. The fourth-order valence-corrected chi connectivity index (χ4v) is 9.67. The SMILES string of the molecule is CCCC(c1ccc(N2CCOCC2)cc1)(N(C)CCc1ccccc1)C(c1ccc(N2CCOCC2)cc1)(C(CC)Cc1ccc(C)cc1)N(C)C. The van der Waals surface area contributed by atoms with Crippen molar-refractivity contribution in [2.24, 2.45) is 5.92 Å². The third-order valence-corrected chi connectivity index (χ3v) is 12.3. The van der Waals surface area contributed by atoms with Crippen molar-refractivity contribution in [3.05, 3.63) is 131 Å². The Labute approximate surface area is 320 Å². The van der Waals surface area contributed by atoms with Gasteiger partial charge in [-0.15, -0.1) is 0 Å². The van der Waals surface area contributed by atoms with E-state index in [0.717, 1.165) is 91.3 Å². The highest BCUT2D eigenvalue weighted by atomic mass is 16.5. The summed E-state index contributed by atoms with van der Waals surface area (Å²) in [6.07, 6.45) is 5.10. The van der Waals surface area contributed by atoms with Crippen LogP contribution < -0.4 is 9.80 Å². The molecule has 0 N–H and O–H groups in total. The van der Waals surface area contributed by atoms with Crippen molar-refractivity contribution in [3.8, 4) is 0 Å². The molecule has 3 atom stereocenters. The fourth-order valence-electron chi connectivity index (χ4n) is 9.67. The lowest BCUT2D eigenvalue weighted by Crippen LogP contribution is -2.68. The van der Waals surface area contributed by atoms with Crippen LogP contribution in [-0.4, -0.2) is 90.1 Å². The first-order valence-electron chi connectivity index (χ1n) is 20.2. The average molecular weight is 717 g/mol. The Hall–Kier alpha value is -3.68. The summed E-state index contributed by atoms with van der Waals surface area (Å²) in [4.78, 5) is 10.3. The molecule has 4 aromatic rings. The fraction of sp³-hybridized carbons (Fsp3) is 0.489. The molecule has 0 spiro atoms. The highest BCUT2D eigenvalue weighted by Gasteiger charge is 2.60. The molecule has 0 radical (unpaired) electrons. The molecule has 0 amide bonds. The highest BCUT2D eigenvalue weighted by molar-refractivity contribution is 5.53. The molecule has 6 heteroatoms. The summed E-state index contributed by atoms with van der Waals surface area (Å²) in [7, 11) is 7.11. The molecule has 4 aromatic carbocycles. The van der Waals surface area contributed by atoms with Gasteiger partial charge in [-0.05, 0) is 99.8 Å². The molecular weight excluding hydrogens is 653 g/mol. The average Bonchev–Trinajstić information content (AvgIpc) is 3.21. The van der Waals surface area contributed by atoms with E-state index >= 15 is 0 Å². The second-order valence-electron chi connectivity index (χ2n) is 15.5. The summed E-state index contributed by atoms with van der Waals surface area (Å²) in [6.45, 7) is 14.8. The molecule has 2 saturated heterocycles. The largest absolute Gasteiger partial charge is 0.378 e. The van der Waals surface area contributed by atoms with Crippen LogP contribution in [0.2, 0.25) is 0 Å². The van der Waals surface area contributed by atoms with E-state index in [0.29, 0.717) is 5.92 Å². The van der Waals surface area contributed by atoms with Crippen molar-refractivity contribution in [2.45, 2.75) is 64.0 Å². The van der Waals surface area contributed by atoms with E-state index < -0.39 is 5.54 Å². The molecule has 53 heavy (non-hydrogen) atoms. The summed E-state index contributed by atoms with van der Waals surface area (Å²) in [5.74, 6) is 0.305. The number of benzene rings is 4. The number of hydrogen-bond donors (Lipinski definition) is 0. The number of hydrogen-bond acceptors (Lipinski definition) is 6. The van der Waals surface area contributed by atoms with Gasteiger partial charge in [-0.25, -0.2) is 0 Å². The molecule has 284 valence electrons. The van der Waals surface area contributed by atoms with Gasteiger partial charge in [0.1, 0.15) is 0 Å². The normalized spacial score (nSPS) is 18.2. The molecule has 3 unspecified atom stereocenters. The zero-order valence-electron chi connectivity index (χ0n) is 33.4. The summed E-state index contributed by atoms with van der Waals surface area (Å²) in [6, 6.07) is 39.8. The van der Waals surface area contributed by atoms with Gasteiger partial charge in [-0.3, -0.25) is 9.80 Å². The van der Waals surface area contributed by atoms with E-state index in [1.54, 1.807) is 0 Å². The van der Waals surface area contributed by atoms with Gasteiger partial charge in [0, 0.05) is 44.1 Å². The van der Waals surface area contributed by atoms with E-state index in [2.05, 4.69) is 165 Å².